The van der Waals surface area contributed by atoms with Crippen molar-refractivity contribution in [1.29, 1.82) is 0 Å². The molecule has 3 aromatic rings. The average Bonchev–Trinajstić information content (AvgIpc) is 2.74. The SMILES string of the molecule is CC(C/C=C/C#CC(C)(C)N(C)c1ccccc1)Cc1cccc2ccccc12. The second-order valence-corrected chi connectivity index (χ2v) is 8.31. The van der Waals surface area contributed by atoms with E-state index in [1.165, 1.54) is 22.0 Å². The van der Waals surface area contributed by atoms with Crippen LogP contribution < -0.4 is 4.90 Å². The van der Waals surface area contributed by atoms with Crippen LogP contribution >= 0.6 is 0 Å². The number of allylic oxidation sites excluding steroid dienone is 2. The second kappa shape index (κ2) is 9.48. The lowest BCUT2D eigenvalue weighted by molar-refractivity contribution is 0.592. The normalized spacial score (nSPS) is 12.6. The molecule has 0 N–H and O–H groups in total. The fourth-order valence-corrected chi connectivity index (χ4v) is 3.56. The molecule has 0 heterocycles. The first-order valence-corrected chi connectivity index (χ1v) is 10.4. The molecule has 0 saturated carbocycles. The zero-order valence-electron chi connectivity index (χ0n) is 18.0. The molecule has 1 unspecified atom stereocenters. The van der Waals surface area contributed by atoms with Crippen LogP contribution in [0.3, 0.4) is 0 Å². The van der Waals surface area contributed by atoms with Crippen LogP contribution in [0.5, 0.6) is 0 Å². The van der Waals surface area contributed by atoms with E-state index in [0.717, 1.165) is 12.8 Å². The van der Waals surface area contributed by atoms with E-state index in [0.29, 0.717) is 5.92 Å². The first-order valence-electron chi connectivity index (χ1n) is 10.4. The highest BCUT2D eigenvalue weighted by atomic mass is 15.2. The van der Waals surface area contributed by atoms with Crippen molar-refractivity contribution in [3.8, 4) is 11.8 Å². The number of hydrogen-bond donors (Lipinski definition) is 0. The predicted molar refractivity (Wildman–Crippen MR) is 127 cm³/mol. The minimum atomic E-state index is -0.222. The molecule has 0 spiro atoms. The van der Waals surface area contributed by atoms with Gasteiger partial charge in [-0.3, -0.25) is 0 Å². The molecule has 1 heteroatoms. The zero-order valence-corrected chi connectivity index (χ0v) is 18.0. The number of anilines is 1. The second-order valence-electron chi connectivity index (χ2n) is 8.31. The summed E-state index contributed by atoms with van der Waals surface area (Å²) in [4.78, 5) is 2.22. The van der Waals surface area contributed by atoms with E-state index < -0.39 is 0 Å². The van der Waals surface area contributed by atoms with Crippen LogP contribution in [0.15, 0.2) is 84.9 Å². The summed E-state index contributed by atoms with van der Waals surface area (Å²) in [5.41, 5.74) is 2.39. The third-order valence-corrected chi connectivity index (χ3v) is 5.55. The van der Waals surface area contributed by atoms with Gasteiger partial charge in [0, 0.05) is 12.7 Å². The van der Waals surface area contributed by atoms with Gasteiger partial charge < -0.3 is 4.90 Å². The van der Waals surface area contributed by atoms with Gasteiger partial charge in [0.25, 0.3) is 0 Å². The lowest BCUT2D eigenvalue weighted by atomic mass is 9.94. The summed E-state index contributed by atoms with van der Waals surface area (Å²) in [6.45, 7) is 6.63. The van der Waals surface area contributed by atoms with Gasteiger partial charge in [-0.2, -0.15) is 0 Å². The molecular weight excluding hydrogens is 350 g/mol. The van der Waals surface area contributed by atoms with Crippen LogP contribution in [0, 0.1) is 17.8 Å². The Morgan fingerprint density at radius 3 is 2.41 bits per heavy atom. The Balaban J connectivity index is 1.57. The molecule has 3 rings (SSSR count). The van der Waals surface area contributed by atoms with E-state index >= 15 is 0 Å². The predicted octanol–water partition coefficient (Wildman–Crippen LogP) is 6.88. The Labute approximate surface area is 176 Å². The number of hydrogen-bond acceptors (Lipinski definition) is 1. The Hall–Kier alpha value is -2.98. The summed E-state index contributed by atoms with van der Waals surface area (Å²) in [6, 6.07) is 25.7. The van der Waals surface area contributed by atoms with Crippen molar-refractivity contribution in [1.82, 2.24) is 0 Å². The fourth-order valence-electron chi connectivity index (χ4n) is 3.56. The van der Waals surface area contributed by atoms with Gasteiger partial charge in [-0.25, -0.2) is 0 Å². The number of para-hydroxylation sites is 1. The van der Waals surface area contributed by atoms with Crippen molar-refractivity contribution < 1.29 is 0 Å². The van der Waals surface area contributed by atoms with Crippen molar-refractivity contribution in [3.63, 3.8) is 0 Å². The number of benzene rings is 3. The Bertz CT molecular complexity index is 1010. The molecule has 0 saturated heterocycles. The Morgan fingerprint density at radius 1 is 0.931 bits per heavy atom. The maximum absolute atomic E-state index is 3.39. The van der Waals surface area contributed by atoms with Gasteiger partial charge in [-0.05, 0) is 67.2 Å². The molecule has 1 atom stereocenters. The summed E-state index contributed by atoms with van der Waals surface area (Å²) in [5, 5.41) is 2.69. The Morgan fingerprint density at radius 2 is 1.62 bits per heavy atom. The standard InChI is InChI=1S/C28H31N/c1-23(22-25-17-13-16-24-15-10-11-20-27(24)25)14-7-6-12-21-28(2,3)29(4)26-18-8-5-9-19-26/h5-11,13,15-20,23H,14,22H2,1-4H3/b7-6+. The fraction of sp³-hybridized carbons (Fsp3) is 0.286. The molecule has 0 aliphatic rings. The highest BCUT2D eigenvalue weighted by Crippen LogP contribution is 2.23. The van der Waals surface area contributed by atoms with Gasteiger partial charge in [-0.1, -0.05) is 85.5 Å². The highest BCUT2D eigenvalue weighted by Gasteiger charge is 2.20. The molecule has 0 aliphatic carbocycles. The van der Waals surface area contributed by atoms with Crippen molar-refractivity contribution in [2.75, 3.05) is 11.9 Å². The van der Waals surface area contributed by atoms with Gasteiger partial charge >= 0.3 is 0 Å². The third-order valence-electron chi connectivity index (χ3n) is 5.55. The smallest absolute Gasteiger partial charge is 0.0956 e. The van der Waals surface area contributed by atoms with Gasteiger partial charge in [-0.15, -0.1) is 0 Å². The molecule has 0 aliphatic heterocycles. The lowest BCUT2D eigenvalue weighted by Crippen LogP contribution is -2.39. The molecule has 0 fully saturated rings. The molecule has 1 nitrogen and oxygen atoms in total. The molecular formula is C28H31N. The monoisotopic (exact) mass is 381 g/mol. The topological polar surface area (TPSA) is 3.24 Å². The molecule has 0 amide bonds. The molecule has 0 aromatic heterocycles. The number of nitrogens with zero attached hydrogens (tertiary/aromatic N) is 1. The first-order chi connectivity index (χ1) is 14.0. The van der Waals surface area contributed by atoms with Crippen LogP contribution in [-0.2, 0) is 6.42 Å². The summed E-state index contributed by atoms with van der Waals surface area (Å²) in [7, 11) is 2.10. The molecule has 3 aromatic carbocycles. The quantitative estimate of drug-likeness (QED) is 0.421. The number of fused-ring (bicyclic) bond motifs is 1. The highest BCUT2D eigenvalue weighted by molar-refractivity contribution is 5.85. The van der Waals surface area contributed by atoms with Gasteiger partial charge in [0.05, 0.1) is 5.54 Å². The molecule has 148 valence electrons. The van der Waals surface area contributed by atoms with E-state index in [2.05, 4.69) is 117 Å². The van der Waals surface area contributed by atoms with Crippen LogP contribution in [0.25, 0.3) is 10.8 Å². The first kappa shape index (κ1) is 20.7. The van der Waals surface area contributed by atoms with Crippen molar-refractivity contribution >= 4 is 16.5 Å². The summed E-state index contributed by atoms with van der Waals surface area (Å²) in [6.07, 6.45) is 6.34. The summed E-state index contributed by atoms with van der Waals surface area (Å²) < 4.78 is 0. The zero-order chi connectivity index (χ0) is 20.7. The average molecular weight is 382 g/mol. The summed E-state index contributed by atoms with van der Waals surface area (Å²) >= 11 is 0. The van der Waals surface area contributed by atoms with Gasteiger partial charge in [0.15, 0.2) is 0 Å². The van der Waals surface area contributed by atoms with E-state index in [-0.39, 0.29) is 5.54 Å². The lowest BCUT2D eigenvalue weighted by Gasteiger charge is -2.33. The largest absolute Gasteiger partial charge is 0.359 e. The molecule has 29 heavy (non-hydrogen) atoms. The van der Waals surface area contributed by atoms with Crippen LogP contribution in [0.1, 0.15) is 32.8 Å². The Kier molecular flexibility index (Phi) is 6.78. The van der Waals surface area contributed by atoms with Crippen LogP contribution in [-0.4, -0.2) is 12.6 Å². The van der Waals surface area contributed by atoms with Crippen molar-refractivity contribution in [2.24, 2.45) is 5.92 Å². The van der Waals surface area contributed by atoms with Crippen molar-refractivity contribution in [3.05, 3.63) is 90.5 Å². The van der Waals surface area contributed by atoms with Crippen LogP contribution in [0.4, 0.5) is 5.69 Å². The van der Waals surface area contributed by atoms with Crippen molar-refractivity contribution in [2.45, 2.75) is 39.2 Å². The van der Waals surface area contributed by atoms with E-state index in [4.69, 9.17) is 0 Å². The van der Waals surface area contributed by atoms with E-state index in [1.54, 1.807) is 0 Å². The number of rotatable bonds is 6. The van der Waals surface area contributed by atoms with Crippen LogP contribution in [0.2, 0.25) is 0 Å². The maximum Gasteiger partial charge on any atom is 0.0956 e. The van der Waals surface area contributed by atoms with E-state index in [1.807, 2.05) is 12.1 Å². The minimum absolute atomic E-state index is 0.222. The van der Waals surface area contributed by atoms with E-state index in [9.17, 15) is 0 Å². The minimum Gasteiger partial charge on any atom is -0.359 e. The summed E-state index contributed by atoms with van der Waals surface area (Å²) in [5.74, 6) is 7.23. The molecule has 0 radical (unpaired) electrons. The van der Waals surface area contributed by atoms with Gasteiger partial charge in [0.2, 0.25) is 0 Å². The van der Waals surface area contributed by atoms with Gasteiger partial charge in [0.1, 0.15) is 0 Å². The molecule has 0 bridgehead atoms. The maximum atomic E-state index is 3.39. The third kappa shape index (κ3) is 5.52.